The summed E-state index contributed by atoms with van der Waals surface area (Å²) >= 11 is 0. The minimum Gasteiger partial charge on any atom is -0.399 e. The third-order valence-corrected chi connectivity index (χ3v) is 3.46. The average molecular weight is 322 g/mol. The van der Waals surface area contributed by atoms with Crippen LogP contribution in [0.3, 0.4) is 0 Å². The molecule has 1 aliphatic rings. The van der Waals surface area contributed by atoms with Gasteiger partial charge in [0.15, 0.2) is 0 Å². The van der Waals surface area contributed by atoms with Crippen molar-refractivity contribution in [2.24, 2.45) is 5.73 Å². The maximum absolute atomic E-state index is 13.3. The molecule has 22 heavy (non-hydrogen) atoms. The maximum atomic E-state index is 13.3. The Morgan fingerprint density at radius 3 is 2.23 bits per heavy atom. The predicted octanol–water partition coefficient (Wildman–Crippen LogP) is 3.89. The average Bonchev–Trinajstić information content (AvgIpc) is 2.37. The number of nitrogens with two attached hydrogens (primary N) is 2. The topological polar surface area (TPSA) is 52.0 Å². The van der Waals surface area contributed by atoms with Gasteiger partial charge in [0.2, 0.25) is 0 Å². The SMILES string of the molecule is Nc1ccc(C2=CC=CCC2(N)C(F)(F)F)c(C(F)(F)F)c1. The first-order valence-corrected chi connectivity index (χ1v) is 6.17. The standard InChI is InChI=1S/C14H12F6N2/c15-13(16,17)11-7-8(21)4-5-9(11)10-3-1-2-6-12(10,22)14(18,19)20/h1-5,7H,6,21-22H2. The number of nitrogen functional groups attached to an aromatic ring is 1. The second-order valence-corrected chi connectivity index (χ2v) is 4.98. The molecule has 0 heterocycles. The first kappa shape index (κ1) is 16.4. The highest BCUT2D eigenvalue weighted by Gasteiger charge is 2.55. The molecule has 0 aromatic heterocycles. The summed E-state index contributed by atoms with van der Waals surface area (Å²) in [5.74, 6) is 0. The van der Waals surface area contributed by atoms with Gasteiger partial charge >= 0.3 is 12.4 Å². The lowest BCUT2D eigenvalue weighted by Gasteiger charge is -2.36. The summed E-state index contributed by atoms with van der Waals surface area (Å²) in [6.45, 7) is 0. The summed E-state index contributed by atoms with van der Waals surface area (Å²) < 4.78 is 79.1. The summed E-state index contributed by atoms with van der Waals surface area (Å²) in [6, 6.07) is 2.63. The molecule has 0 aliphatic heterocycles. The quantitative estimate of drug-likeness (QED) is 0.609. The number of alkyl halides is 6. The molecule has 120 valence electrons. The molecule has 1 unspecified atom stereocenters. The number of rotatable bonds is 1. The van der Waals surface area contributed by atoms with Gasteiger partial charge in [-0.05, 0) is 29.7 Å². The largest absolute Gasteiger partial charge is 0.417 e. The third-order valence-electron chi connectivity index (χ3n) is 3.46. The summed E-state index contributed by atoms with van der Waals surface area (Å²) in [7, 11) is 0. The first-order valence-electron chi connectivity index (χ1n) is 6.17. The molecule has 1 aliphatic carbocycles. The van der Waals surface area contributed by atoms with Crippen molar-refractivity contribution >= 4 is 11.3 Å². The zero-order valence-corrected chi connectivity index (χ0v) is 11.1. The predicted molar refractivity (Wildman–Crippen MR) is 70.6 cm³/mol. The fraction of sp³-hybridized carbons (Fsp3) is 0.286. The Kier molecular flexibility index (Phi) is 3.76. The van der Waals surface area contributed by atoms with Gasteiger partial charge in [0.25, 0.3) is 0 Å². The minimum absolute atomic E-state index is 0.197. The maximum Gasteiger partial charge on any atom is 0.417 e. The van der Waals surface area contributed by atoms with Crippen LogP contribution in [-0.2, 0) is 6.18 Å². The van der Waals surface area contributed by atoms with Crippen LogP contribution >= 0.6 is 0 Å². The van der Waals surface area contributed by atoms with E-state index in [1.165, 1.54) is 12.2 Å². The lowest BCUT2D eigenvalue weighted by Crippen LogP contribution is -2.54. The Morgan fingerprint density at radius 1 is 1.05 bits per heavy atom. The molecule has 0 saturated carbocycles. The Balaban J connectivity index is 2.69. The van der Waals surface area contributed by atoms with Gasteiger partial charge in [-0.1, -0.05) is 24.3 Å². The molecule has 1 aromatic carbocycles. The van der Waals surface area contributed by atoms with E-state index in [4.69, 9.17) is 11.5 Å². The summed E-state index contributed by atoms with van der Waals surface area (Å²) in [5.41, 5.74) is 5.17. The van der Waals surface area contributed by atoms with Crippen molar-refractivity contribution in [3.05, 3.63) is 47.6 Å². The van der Waals surface area contributed by atoms with Crippen molar-refractivity contribution in [2.75, 3.05) is 5.73 Å². The van der Waals surface area contributed by atoms with Crippen molar-refractivity contribution < 1.29 is 26.3 Å². The number of allylic oxidation sites excluding steroid dienone is 2. The minimum atomic E-state index is -4.89. The monoisotopic (exact) mass is 322 g/mol. The Hall–Kier alpha value is -1.96. The van der Waals surface area contributed by atoms with E-state index in [9.17, 15) is 26.3 Å². The molecule has 0 bridgehead atoms. The van der Waals surface area contributed by atoms with Gasteiger partial charge in [-0.3, -0.25) is 0 Å². The zero-order chi connectivity index (χ0) is 16.8. The van der Waals surface area contributed by atoms with E-state index in [1.807, 2.05) is 0 Å². The molecular weight excluding hydrogens is 310 g/mol. The normalized spacial score (nSPS) is 22.6. The fourth-order valence-electron chi connectivity index (χ4n) is 2.31. The number of hydrogen-bond donors (Lipinski definition) is 2. The van der Waals surface area contributed by atoms with Crippen LogP contribution in [-0.4, -0.2) is 11.7 Å². The van der Waals surface area contributed by atoms with E-state index < -0.39 is 41.0 Å². The van der Waals surface area contributed by atoms with Crippen LogP contribution < -0.4 is 11.5 Å². The van der Waals surface area contributed by atoms with Crippen molar-refractivity contribution in [3.8, 4) is 0 Å². The van der Waals surface area contributed by atoms with Crippen LogP contribution in [0.2, 0.25) is 0 Å². The van der Waals surface area contributed by atoms with E-state index in [-0.39, 0.29) is 5.69 Å². The van der Waals surface area contributed by atoms with Crippen LogP contribution in [0.25, 0.3) is 5.57 Å². The number of halogens is 6. The second-order valence-electron chi connectivity index (χ2n) is 4.98. The molecule has 2 nitrogen and oxygen atoms in total. The molecule has 2 rings (SSSR count). The van der Waals surface area contributed by atoms with Crippen LogP contribution in [0.5, 0.6) is 0 Å². The van der Waals surface area contributed by atoms with Crippen molar-refractivity contribution in [2.45, 2.75) is 24.3 Å². The molecule has 0 fully saturated rings. The van der Waals surface area contributed by atoms with E-state index in [0.717, 1.165) is 18.2 Å². The van der Waals surface area contributed by atoms with Gasteiger partial charge in [-0.25, -0.2) is 0 Å². The van der Waals surface area contributed by atoms with Gasteiger partial charge in [0.05, 0.1) is 5.56 Å². The fourth-order valence-corrected chi connectivity index (χ4v) is 2.31. The number of hydrogen-bond acceptors (Lipinski definition) is 2. The van der Waals surface area contributed by atoms with E-state index >= 15 is 0 Å². The highest BCUT2D eigenvalue weighted by atomic mass is 19.4. The molecule has 1 aromatic rings. The van der Waals surface area contributed by atoms with Gasteiger partial charge in [0.1, 0.15) is 5.54 Å². The Morgan fingerprint density at radius 2 is 1.68 bits per heavy atom. The number of anilines is 1. The molecule has 8 heteroatoms. The lowest BCUT2D eigenvalue weighted by atomic mass is 9.78. The molecular formula is C14H12F6N2. The summed E-state index contributed by atoms with van der Waals surface area (Å²) in [6.07, 6.45) is -7.00. The second kappa shape index (κ2) is 5.05. The Labute approximate surface area is 122 Å². The number of benzene rings is 1. The summed E-state index contributed by atoms with van der Waals surface area (Å²) in [4.78, 5) is 0. The lowest BCUT2D eigenvalue weighted by molar-refractivity contribution is -0.168. The van der Waals surface area contributed by atoms with Crippen LogP contribution in [0.4, 0.5) is 32.0 Å². The summed E-state index contributed by atoms with van der Waals surface area (Å²) in [5, 5.41) is 0. The van der Waals surface area contributed by atoms with Crippen LogP contribution in [0.15, 0.2) is 36.4 Å². The van der Waals surface area contributed by atoms with Crippen molar-refractivity contribution in [3.63, 3.8) is 0 Å². The van der Waals surface area contributed by atoms with E-state index in [2.05, 4.69) is 0 Å². The highest BCUT2D eigenvalue weighted by molar-refractivity contribution is 5.79. The Bertz CT molecular complexity index is 642. The molecule has 0 saturated heterocycles. The molecule has 0 radical (unpaired) electrons. The molecule has 4 N–H and O–H groups in total. The van der Waals surface area contributed by atoms with Crippen LogP contribution in [0, 0.1) is 0 Å². The molecule has 1 atom stereocenters. The highest BCUT2D eigenvalue weighted by Crippen LogP contribution is 2.46. The smallest absolute Gasteiger partial charge is 0.399 e. The van der Waals surface area contributed by atoms with Crippen LogP contribution in [0.1, 0.15) is 17.5 Å². The van der Waals surface area contributed by atoms with Crippen molar-refractivity contribution in [1.82, 2.24) is 0 Å². The third kappa shape index (κ3) is 2.70. The molecule has 0 spiro atoms. The van der Waals surface area contributed by atoms with Gasteiger partial charge in [0, 0.05) is 5.69 Å². The van der Waals surface area contributed by atoms with E-state index in [0.29, 0.717) is 6.07 Å². The van der Waals surface area contributed by atoms with E-state index in [1.54, 1.807) is 0 Å². The van der Waals surface area contributed by atoms with Gasteiger partial charge < -0.3 is 11.5 Å². The molecule has 0 amide bonds. The zero-order valence-electron chi connectivity index (χ0n) is 11.1. The van der Waals surface area contributed by atoms with Gasteiger partial charge in [-0.15, -0.1) is 0 Å². The van der Waals surface area contributed by atoms with Crippen molar-refractivity contribution in [1.29, 1.82) is 0 Å². The first-order chi connectivity index (χ1) is 9.97. The van der Waals surface area contributed by atoms with Gasteiger partial charge in [-0.2, -0.15) is 26.3 Å².